The molecule has 0 aromatic carbocycles. The minimum absolute atomic E-state index is 0.0862. The van der Waals surface area contributed by atoms with Gasteiger partial charge in [-0.1, -0.05) is 0 Å². The van der Waals surface area contributed by atoms with Crippen molar-refractivity contribution in [1.82, 2.24) is 4.90 Å². The van der Waals surface area contributed by atoms with E-state index in [0.29, 0.717) is 6.04 Å². The fourth-order valence-electron chi connectivity index (χ4n) is 1.90. The van der Waals surface area contributed by atoms with E-state index in [1.165, 1.54) is 30.8 Å². The number of ketones is 1. The molecule has 1 fully saturated rings. The first-order valence-electron chi connectivity index (χ1n) is 5.43. The Balaban J connectivity index is 2.48. The van der Waals surface area contributed by atoms with Gasteiger partial charge in [-0.2, -0.15) is 11.8 Å². The van der Waals surface area contributed by atoms with Gasteiger partial charge in [0, 0.05) is 6.04 Å². The Hall–Kier alpha value is -0.0200. The van der Waals surface area contributed by atoms with E-state index in [-0.39, 0.29) is 11.8 Å². The van der Waals surface area contributed by atoms with E-state index in [0.717, 1.165) is 0 Å². The number of carbonyl (C=O) groups is 1. The molecule has 0 aromatic heterocycles. The topological polar surface area (TPSA) is 20.3 Å². The second-order valence-electron chi connectivity index (χ2n) is 4.15. The van der Waals surface area contributed by atoms with Gasteiger partial charge in [0.05, 0.1) is 6.04 Å². The van der Waals surface area contributed by atoms with E-state index in [1.807, 2.05) is 18.7 Å². The molecule has 14 heavy (non-hydrogen) atoms. The summed E-state index contributed by atoms with van der Waals surface area (Å²) in [5, 5.41) is 0. The molecule has 0 aliphatic carbocycles. The second kappa shape index (κ2) is 5.76. The second-order valence-corrected chi connectivity index (χ2v) is 5.37. The van der Waals surface area contributed by atoms with Crippen LogP contribution in [0.1, 0.15) is 33.1 Å². The number of hydrogen-bond donors (Lipinski definition) is 0. The number of nitrogens with zero attached hydrogens (tertiary/aromatic N) is 1. The summed E-state index contributed by atoms with van der Waals surface area (Å²) in [4.78, 5) is 13.5. The van der Waals surface area contributed by atoms with E-state index in [2.05, 4.69) is 11.9 Å². The Morgan fingerprint density at radius 2 is 2.14 bits per heavy atom. The van der Waals surface area contributed by atoms with Crippen LogP contribution in [0.25, 0.3) is 0 Å². The van der Waals surface area contributed by atoms with Gasteiger partial charge in [-0.25, -0.2) is 0 Å². The zero-order chi connectivity index (χ0) is 10.6. The van der Waals surface area contributed by atoms with Crippen molar-refractivity contribution in [3.63, 3.8) is 0 Å². The molecule has 1 rings (SSSR count). The van der Waals surface area contributed by atoms with E-state index >= 15 is 0 Å². The molecule has 1 aliphatic rings. The SMILES string of the molecule is CC(=O)C(C)N(C)C1CCCSCC1. The maximum absolute atomic E-state index is 11.3. The minimum Gasteiger partial charge on any atom is -0.298 e. The number of rotatable bonds is 3. The summed E-state index contributed by atoms with van der Waals surface area (Å²) in [6.07, 6.45) is 3.78. The minimum atomic E-state index is 0.0862. The zero-order valence-corrected chi connectivity index (χ0v) is 10.3. The molecule has 0 amide bonds. The Kier molecular flexibility index (Phi) is 4.96. The molecule has 0 radical (unpaired) electrons. The van der Waals surface area contributed by atoms with Crippen molar-refractivity contribution in [1.29, 1.82) is 0 Å². The lowest BCUT2D eigenvalue weighted by atomic mass is 10.1. The predicted octanol–water partition coefficient (Wildman–Crippen LogP) is 2.18. The summed E-state index contributed by atoms with van der Waals surface area (Å²) in [5.74, 6) is 2.82. The maximum Gasteiger partial charge on any atom is 0.146 e. The highest BCUT2D eigenvalue weighted by Crippen LogP contribution is 2.21. The molecule has 2 atom stereocenters. The van der Waals surface area contributed by atoms with Crippen molar-refractivity contribution in [3.05, 3.63) is 0 Å². The number of Topliss-reactive ketones (excluding diaryl/α,β-unsaturated/α-hetero) is 1. The largest absolute Gasteiger partial charge is 0.298 e. The van der Waals surface area contributed by atoms with Crippen molar-refractivity contribution in [2.45, 2.75) is 45.2 Å². The zero-order valence-electron chi connectivity index (χ0n) is 9.45. The highest BCUT2D eigenvalue weighted by Gasteiger charge is 2.23. The Morgan fingerprint density at radius 1 is 1.43 bits per heavy atom. The number of hydrogen-bond acceptors (Lipinski definition) is 3. The van der Waals surface area contributed by atoms with Crippen molar-refractivity contribution in [2.24, 2.45) is 0 Å². The summed E-state index contributed by atoms with van der Waals surface area (Å²) in [6.45, 7) is 3.70. The quantitative estimate of drug-likeness (QED) is 0.720. The Morgan fingerprint density at radius 3 is 2.79 bits per heavy atom. The lowest BCUT2D eigenvalue weighted by Gasteiger charge is -2.31. The van der Waals surface area contributed by atoms with Gasteiger partial charge < -0.3 is 0 Å². The fraction of sp³-hybridized carbons (Fsp3) is 0.909. The van der Waals surface area contributed by atoms with E-state index in [4.69, 9.17) is 0 Å². The van der Waals surface area contributed by atoms with Crippen LogP contribution in [0.3, 0.4) is 0 Å². The molecule has 0 N–H and O–H groups in total. The molecule has 2 nitrogen and oxygen atoms in total. The van der Waals surface area contributed by atoms with Crippen molar-refractivity contribution in [3.8, 4) is 0 Å². The first-order valence-corrected chi connectivity index (χ1v) is 6.58. The molecule has 1 heterocycles. The Labute approximate surface area is 91.4 Å². The van der Waals surface area contributed by atoms with Crippen LogP contribution in [-0.4, -0.2) is 41.3 Å². The first-order chi connectivity index (χ1) is 6.63. The molecule has 1 saturated heterocycles. The van der Waals surface area contributed by atoms with E-state index in [9.17, 15) is 4.79 Å². The monoisotopic (exact) mass is 215 g/mol. The third-order valence-corrected chi connectivity index (χ3v) is 4.30. The van der Waals surface area contributed by atoms with E-state index < -0.39 is 0 Å². The van der Waals surface area contributed by atoms with Crippen molar-refractivity contribution < 1.29 is 4.79 Å². The molecule has 3 heteroatoms. The molecular weight excluding hydrogens is 194 g/mol. The van der Waals surface area contributed by atoms with Crippen LogP contribution >= 0.6 is 11.8 Å². The molecule has 82 valence electrons. The lowest BCUT2D eigenvalue weighted by Crippen LogP contribution is -2.42. The van der Waals surface area contributed by atoms with Crippen LogP contribution in [0.15, 0.2) is 0 Å². The van der Waals surface area contributed by atoms with Crippen LogP contribution in [0.4, 0.5) is 0 Å². The van der Waals surface area contributed by atoms with Gasteiger partial charge >= 0.3 is 0 Å². The normalized spacial score (nSPS) is 25.9. The van der Waals surface area contributed by atoms with Crippen molar-refractivity contribution in [2.75, 3.05) is 18.6 Å². The van der Waals surface area contributed by atoms with Gasteiger partial charge in [0.2, 0.25) is 0 Å². The summed E-state index contributed by atoms with van der Waals surface area (Å²) in [7, 11) is 2.09. The summed E-state index contributed by atoms with van der Waals surface area (Å²) in [5.41, 5.74) is 0. The van der Waals surface area contributed by atoms with Crippen molar-refractivity contribution >= 4 is 17.5 Å². The van der Waals surface area contributed by atoms with E-state index in [1.54, 1.807) is 6.92 Å². The molecule has 0 aromatic rings. The van der Waals surface area contributed by atoms with Gasteiger partial charge in [-0.15, -0.1) is 0 Å². The molecular formula is C11H21NOS. The molecule has 2 unspecified atom stereocenters. The average Bonchev–Trinajstić information content (AvgIpc) is 2.43. The van der Waals surface area contributed by atoms with Crippen LogP contribution in [0, 0.1) is 0 Å². The molecule has 1 aliphatic heterocycles. The predicted molar refractivity (Wildman–Crippen MR) is 62.9 cm³/mol. The van der Waals surface area contributed by atoms with Gasteiger partial charge in [0.1, 0.15) is 5.78 Å². The molecule has 0 spiro atoms. The average molecular weight is 215 g/mol. The third kappa shape index (κ3) is 3.28. The third-order valence-electron chi connectivity index (χ3n) is 3.20. The maximum atomic E-state index is 11.3. The highest BCUT2D eigenvalue weighted by atomic mass is 32.2. The standard InChI is InChI=1S/C11H21NOS/c1-9(10(2)13)12(3)11-5-4-7-14-8-6-11/h9,11H,4-8H2,1-3H3. The number of likely N-dealkylation sites (N-methyl/N-ethyl adjacent to an activating group) is 1. The number of carbonyl (C=O) groups excluding carboxylic acids is 1. The van der Waals surface area contributed by atoms with Gasteiger partial charge in [0.15, 0.2) is 0 Å². The molecule has 0 saturated carbocycles. The molecule has 0 bridgehead atoms. The van der Waals surface area contributed by atoms with Gasteiger partial charge in [-0.3, -0.25) is 9.69 Å². The van der Waals surface area contributed by atoms with Crippen LogP contribution in [0.2, 0.25) is 0 Å². The number of thioether (sulfide) groups is 1. The van der Waals surface area contributed by atoms with Gasteiger partial charge in [-0.05, 0) is 51.7 Å². The summed E-state index contributed by atoms with van der Waals surface area (Å²) in [6, 6.07) is 0.701. The fourth-order valence-corrected chi connectivity index (χ4v) is 2.91. The Bertz CT molecular complexity index is 188. The van der Waals surface area contributed by atoms with Crippen LogP contribution < -0.4 is 0 Å². The van der Waals surface area contributed by atoms with Crippen LogP contribution in [-0.2, 0) is 4.79 Å². The summed E-state index contributed by atoms with van der Waals surface area (Å²) < 4.78 is 0. The van der Waals surface area contributed by atoms with Crippen LogP contribution in [0.5, 0.6) is 0 Å². The highest BCUT2D eigenvalue weighted by molar-refractivity contribution is 7.99. The first kappa shape index (κ1) is 12.1. The lowest BCUT2D eigenvalue weighted by molar-refractivity contribution is -0.121. The van der Waals surface area contributed by atoms with Gasteiger partial charge in [0.25, 0.3) is 0 Å². The summed E-state index contributed by atoms with van der Waals surface area (Å²) >= 11 is 2.05. The smallest absolute Gasteiger partial charge is 0.146 e.